The first-order valence-corrected chi connectivity index (χ1v) is 6.98. The van der Waals surface area contributed by atoms with Crippen molar-refractivity contribution >= 4 is 15.9 Å². The van der Waals surface area contributed by atoms with Gasteiger partial charge in [-0.1, -0.05) is 35.2 Å². The Balaban J connectivity index is 1.76. The zero-order valence-corrected chi connectivity index (χ0v) is 10.6. The van der Waals surface area contributed by atoms with Crippen molar-refractivity contribution in [3.8, 4) is 0 Å². The molecular weight excluding hydrogens is 240 g/mol. The highest BCUT2D eigenvalue weighted by molar-refractivity contribution is 9.09. The summed E-state index contributed by atoms with van der Waals surface area (Å²) in [7, 11) is 0. The standard InChI is InChI=1S/C12H21BrO/c1-9(10-5-4-6-10)14-12-8-3-2-7-11(12)13/h9-12H,2-8H2,1H3. The fourth-order valence-corrected chi connectivity index (χ4v) is 3.21. The number of alkyl halides is 1. The SMILES string of the molecule is CC(OC1CCCCC1Br)C1CCC1. The molecule has 82 valence electrons. The van der Waals surface area contributed by atoms with Crippen LogP contribution in [0.2, 0.25) is 0 Å². The van der Waals surface area contributed by atoms with Gasteiger partial charge in [-0.2, -0.15) is 0 Å². The van der Waals surface area contributed by atoms with Gasteiger partial charge in [0.25, 0.3) is 0 Å². The van der Waals surface area contributed by atoms with Crippen molar-refractivity contribution in [1.29, 1.82) is 0 Å². The Morgan fingerprint density at radius 1 is 1.07 bits per heavy atom. The number of hydrogen-bond donors (Lipinski definition) is 0. The molecule has 2 fully saturated rings. The van der Waals surface area contributed by atoms with Crippen molar-refractivity contribution in [2.24, 2.45) is 5.92 Å². The number of rotatable bonds is 3. The lowest BCUT2D eigenvalue weighted by atomic mass is 9.81. The van der Waals surface area contributed by atoms with Gasteiger partial charge in [0.1, 0.15) is 0 Å². The van der Waals surface area contributed by atoms with Crippen LogP contribution in [0.1, 0.15) is 51.9 Å². The molecule has 0 bridgehead atoms. The molecule has 0 N–H and O–H groups in total. The first-order valence-electron chi connectivity index (χ1n) is 6.07. The summed E-state index contributed by atoms with van der Waals surface area (Å²) in [5, 5.41) is 0. The van der Waals surface area contributed by atoms with E-state index in [2.05, 4.69) is 22.9 Å². The van der Waals surface area contributed by atoms with Crippen LogP contribution in [0.4, 0.5) is 0 Å². The van der Waals surface area contributed by atoms with E-state index in [1.54, 1.807) is 0 Å². The van der Waals surface area contributed by atoms with Crippen LogP contribution in [0.15, 0.2) is 0 Å². The van der Waals surface area contributed by atoms with Crippen molar-refractivity contribution in [3.63, 3.8) is 0 Å². The second-order valence-electron chi connectivity index (χ2n) is 4.87. The highest BCUT2D eigenvalue weighted by Gasteiger charge is 2.30. The van der Waals surface area contributed by atoms with Crippen molar-refractivity contribution in [2.75, 3.05) is 0 Å². The Morgan fingerprint density at radius 3 is 2.36 bits per heavy atom. The minimum absolute atomic E-state index is 0.486. The van der Waals surface area contributed by atoms with Gasteiger partial charge in [0.05, 0.1) is 12.2 Å². The van der Waals surface area contributed by atoms with Crippen LogP contribution in [-0.4, -0.2) is 17.0 Å². The third-order valence-corrected chi connectivity index (χ3v) is 4.87. The Hall–Kier alpha value is 0.440. The highest BCUT2D eigenvalue weighted by atomic mass is 79.9. The van der Waals surface area contributed by atoms with Crippen LogP contribution in [0, 0.1) is 5.92 Å². The van der Waals surface area contributed by atoms with Gasteiger partial charge in [-0.15, -0.1) is 0 Å². The summed E-state index contributed by atoms with van der Waals surface area (Å²) in [5.41, 5.74) is 0. The molecule has 2 rings (SSSR count). The second kappa shape index (κ2) is 4.98. The van der Waals surface area contributed by atoms with Gasteiger partial charge in [-0.25, -0.2) is 0 Å². The largest absolute Gasteiger partial charge is 0.374 e. The molecule has 3 atom stereocenters. The summed E-state index contributed by atoms with van der Waals surface area (Å²) in [6.45, 7) is 2.26. The molecule has 0 saturated heterocycles. The van der Waals surface area contributed by atoms with Crippen molar-refractivity contribution < 1.29 is 4.74 Å². The maximum absolute atomic E-state index is 6.16. The van der Waals surface area contributed by atoms with Crippen LogP contribution in [-0.2, 0) is 4.74 Å². The van der Waals surface area contributed by atoms with Gasteiger partial charge in [0.15, 0.2) is 0 Å². The van der Waals surface area contributed by atoms with Gasteiger partial charge < -0.3 is 4.74 Å². The predicted octanol–water partition coefficient (Wildman–Crippen LogP) is 3.90. The van der Waals surface area contributed by atoms with Crippen LogP contribution in [0.5, 0.6) is 0 Å². The highest BCUT2D eigenvalue weighted by Crippen LogP contribution is 2.34. The molecule has 0 heterocycles. The lowest BCUT2D eigenvalue weighted by Crippen LogP contribution is -2.36. The van der Waals surface area contributed by atoms with Gasteiger partial charge in [-0.05, 0) is 38.5 Å². The average Bonchev–Trinajstić information content (AvgIpc) is 2.05. The summed E-state index contributed by atoms with van der Waals surface area (Å²) in [6, 6.07) is 0. The summed E-state index contributed by atoms with van der Waals surface area (Å²) in [6.07, 6.45) is 10.4. The minimum Gasteiger partial charge on any atom is -0.374 e. The molecule has 0 aromatic heterocycles. The van der Waals surface area contributed by atoms with E-state index in [9.17, 15) is 0 Å². The molecule has 0 spiro atoms. The summed E-state index contributed by atoms with van der Waals surface area (Å²) < 4.78 is 6.16. The first kappa shape index (κ1) is 10.9. The maximum Gasteiger partial charge on any atom is 0.0703 e. The van der Waals surface area contributed by atoms with E-state index in [1.807, 2.05) is 0 Å². The van der Waals surface area contributed by atoms with E-state index in [1.165, 1.54) is 44.9 Å². The molecule has 14 heavy (non-hydrogen) atoms. The molecule has 2 heteroatoms. The minimum atomic E-state index is 0.486. The molecular formula is C12H21BrO. The van der Waals surface area contributed by atoms with Crippen LogP contribution >= 0.6 is 15.9 Å². The maximum atomic E-state index is 6.16. The lowest BCUT2D eigenvalue weighted by molar-refractivity contribution is -0.0601. The third-order valence-electron chi connectivity index (χ3n) is 3.83. The number of hydrogen-bond acceptors (Lipinski definition) is 1. The molecule has 0 amide bonds. The molecule has 1 nitrogen and oxygen atoms in total. The smallest absolute Gasteiger partial charge is 0.0703 e. The second-order valence-corrected chi connectivity index (χ2v) is 6.05. The molecule has 0 aliphatic heterocycles. The molecule has 0 aromatic rings. The Labute approximate surface area is 95.7 Å². The monoisotopic (exact) mass is 260 g/mol. The van der Waals surface area contributed by atoms with E-state index >= 15 is 0 Å². The Kier molecular flexibility index (Phi) is 3.89. The molecule has 2 aliphatic rings. The van der Waals surface area contributed by atoms with Gasteiger partial charge >= 0.3 is 0 Å². The van der Waals surface area contributed by atoms with Crippen molar-refractivity contribution in [3.05, 3.63) is 0 Å². The molecule has 3 unspecified atom stereocenters. The van der Waals surface area contributed by atoms with Crippen LogP contribution < -0.4 is 0 Å². The topological polar surface area (TPSA) is 9.23 Å². The first-order chi connectivity index (χ1) is 6.77. The van der Waals surface area contributed by atoms with E-state index < -0.39 is 0 Å². The normalized spacial score (nSPS) is 36.4. The van der Waals surface area contributed by atoms with Crippen LogP contribution in [0.25, 0.3) is 0 Å². The van der Waals surface area contributed by atoms with Crippen molar-refractivity contribution in [1.82, 2.24) is 0 Å². The fraction of sp³-hybridized carbons (Fsp3) is 1.00. The van der Waals surface area contributed by atoms with E-state index in [-0.39, 0.29) is 0 Å². The Morgan fingerprint density at radius 2 is 1.79 bits per heavy atom. The zero-order chi connectivity index (χ0) is 9.97. The third kappa shape index (κ3) is 2.52. The molecule has 0 aromatic carbocycles. The molecule has 0 radical (unpaired) electrons. The number of ether oxygens (including phenoxy) is 1. The Bertz CT molecular complexity index is 179. The fourth-order valence-electron chi connectivity index (χ4n) is 2.50. The summed E-state index contributed by atoms with van der Waals surface area (Å²) in [5.74, 6) is 0.858. The molecule has 2 saturated carbocycles. The van der Waals surface area contributed by atoms with E-state index in [0.29, 0.717) is 17.0 Å². The van der Waals surface area contributed by atoms with Gasteiger partial charge in [0, 0.05) is 4.83 Å². The zero-order valence-electron chi connectivity index (χ0n) is 9.05. The van der Waals surface area contributed by atoms with Crippen LogP contribution in [0.3, 0.4) is 0 Å². The lowest BCUT2D eigenvalue weighted by Gasteiger charge is -2.36. The summed E-state index contributed by atoms with van der Waals surface area (Å²) >= 11 is 3.75. The molecule has 2 aliphatic carbocycles. The number of halogens is 1. The van der Waals surface area contributed by atoms with Gasteiger partial charge in [0.2, 0.25) is 0 Å². The van der Waals surface area contributed by atoms with E-state index in [4.69, 9.17) is 4.74 Å². The van der Waals surface area contributed by atoms with Crippen molar-refractivity contribution in [2.45, 2.75) is 68.9 Å². The summed E-state index contributed by atoms with van der Waals surface area (Å²) in [4.78, 5) is 0.610. The van der Waals surface area contributed by atoms with E-state index in [0.717, 1.165) is 5.92 Å². The predicted molar refractivity (Wildman–Crippen MR) is 62.9 cm³/mol. The van der Waals surface area contributed by atoms with Gasteiger partial charge in [-0.3, -0.25) is 0 Å². The average molecular weight is 261 g/mol. The quantitative estimate of drug-likeness (QED) is 0.700.